The van der Waals surface area contributed by atoms with Crippen LogP contribution in [0.5, 0.6) is 11.5 Å². The monoisotopic (exact) mass is 410 g/mol. The van der Waals surface area contributed by atoms with Crippen LogP contribution in [-0.4, -0.2) is 54.8 Å². The zero-order valence-corrected chi connectivity index (χ0v) is 17.5. The second-order valence-electron chi connectivity index (χ2n) is 8.20. The van der Waals surface area contributed by atoms with E-state index in [4.69, 9.17) is 9.47 Å². The van der Waals surface area contributed by atoms with Gasteiger partial charge in [-0.25, -0.2) is 0 Å². The summed E-state index contributed by atoms with van der Waals surface area (Å²) in [6.45, 7) is 5.66. The number of carbonyl (C=O) groups excluding carboxylic acids is 1. The van der Waals surface area contributed by atoms with Crippen molar-refractivity contribution in [1.29, 1.82) is 0 Å². The highest BCUT2D eigenvalue weighted by Gasteiger charge is 2.27. The molecule has 6 nitrogen and oxygen atoms in total. The number of hydrogen-bond donors (Lipinski definition) is 2. The lowest BCUT2D eigenvalue weighted by molar-refractivity contribution is -0.122. The Kier molecular flexibility index (Phi) is 6.55. The first kappa shape index (κ1) is 20.7. The summed E-state index contributed by atoms with van der Waals surface area (Å²) in [5.74, 6) is 1.25. The maximum Gasteiger partial charge on any atom is 0.224 e. The molecule has 2 heterocycles. The summed E-state index contributed by atoms with van der Waals surface area (Å²) in [5.41, 5.74) is 2.82. The molecule has 2 aliphatic rings. The van der Waals surface area contributed by atoms with Gasteiger partial charge in [0.05, 0.1) is 12.5 Å². The second kappa shape index (κ2) is 9.49. The Morgan fingerprint density at radius 3 is 2.63 bits per heavy atom. The predicted molar refractivity (Wildman–Crippen MR) is 115 cm³/mol. The van der Waals surface area contributed by atoms with Crippen molar-refractivity contribution in [3.8, 4) is 11.5 Å². The zero-order valence-electron chi connectivity index (χ0n) is 17.5. The lowest BCUT2D eigenvalue weighted by Crippen LogP contribution is -2.47. The standard InChI is InChI=1S/C24H30N2O4/c1-17-5-4-6-18(13-17)14-23(27)25-20(16-26-9-2-3-10-26)24(28)19-7-8-21-22(15-19)30-12-11-29-21/h4-8,13,15,20,24,28H,2-3,9-12,14,16H2,1H3,(H,25,27)/t20-,24?/m1/s1. The Balaban J connectivity index is 1.49. The molecule has 2 N–H and O–H groups in total. The zero-order chi connectivity index (χ0) is 20.9. The van der Waals surface area contributed by atoms with Crippen LogP contribution in [0.15, 0.2) is 42.5 Å². The van der Waals surface area contributed by atoms with E-state index in [0.29, 0.717) is 37.7 Å². The van der Waals surface area contributed by atoms with Gasteiger partial charge in [-0.05, 0) is 56.1 Å². The third kappa shape index (κ3) is 5.12. The van der Waals surface area contributed by atoms with Gasteiger partial charge in [0, 0.05) is 6.54 Å². The first-order valence-electron chi connectivity index (χ1n) is 10.7. The Bertz CT molecular complexity index is 879. The fraction of sp³-hybridized carbons (Fsp3) is 0.458. The summed E-state index contributed by atoms with van der Waals surface area (Å²) < 4.78 is 11.2. The molecular weight excluding hydrogens is 380 g/mol. The quantitative estimate of drug-likeness (QED) is 0.734. The number of hydrogen-bond acceptors (Lipinski definition) is 5. The lowest BCUT2D eigenvalue weighted by Gasteiger charge is -2.29. The third-order valence-corrected chi connectivity index (χ3v) is 5.74. The van der Waals surface area contributed by atoms with Crippen LogP contribution in [0.2, 0.25) is 0 Å². The summed E-state index contributed by atoms with van der Waals surface area (Å²) in [6.07, 6.45) is 1.78. The van der Waals surface area contributed by atoms with Crippen LogP contribution in [0.3, 0.4) is 0 Å². The predicted octanol–water partition coefficient (Wildman–Crippen LogP) is 2.62. The number of rotatable bonds is 7. The van der Waals surface area contributed by atoms with Crippen LogP contribution in [-0.2, 0) is 11.2 Å². The van der Waals surface area contributed by atoms with E-state index in [1.54, 1.807) is 0 Å². The van der Waals surface area contributed by atoms with Crippen LogP contribution in [0.4, 0.5) is 0 Å². The summed E-state index contributed by atoms with van der Waals surface area (Å²) in [5, 5.41) is 14.3. The van der Waals surface area contributed by atoms with E-state index in [2.05, 4.69) is 10.2 Å². The van der Waals surface area contributed by atoms with Gasteiger partial charge in [-0.15, -0.1) is 0 Å². The fourth-order valence-corrected chi connectivity index (χ4v) is 4.21. The minimum absolute atomic E-state index is 0.0820. The lowest BCUT2D eigenvalue weighted by atomic mass is 10.00. The smallest absolute Gasteiger partial charge is 0.224 e. The molecule has 2 aromatic carbocycles. The molecule has 30 heavy (non-hydrogen) atoms. The average molecular weight is 411 g/mol. The maximum atomic E-state index is 12.8. The molecule has 1 saturated heterocycles. The van der Waals surface area contributed by atoms with Crippen molar-refractivity contribution in [2.45, 2.75) is 38.3 Å². The number of amides is 1. The number of aryl methyl sites for hydroxylation is 1. The molecule has 2 aromatic rings. The van der Waals surface area contributed by atoms with Gasteiger partial charge in [0.15, 0.2) is 11.5 Å². The number of aliphatic hydroxyl groups excluding tert-OH is 1. The third-order valence-electron chi connectivity index (χ3n) is 5.74. The first-order valence-corrected chi connectivity index (χ1v) is 10.7. The van der Waals surface area contributed by atoms with Gasteiger partial charge in [-0.2, -0.15) is 0 Å². The second-order valence-corrected chi connectivity index (χ2v) is 8.20. The van der Waals surface area contributed by atoms with Gasteiger partial charge in [-0.1, -0.05) is 35.9 Å². The summed E-state index contributed by atoms with van der Waals surface area (Å²) in [7, 11) is 0. The average Bonchev–Trinajstić information content (AvgIpc) is 3.25. The van der Waals surface area contributed by atoms with Crippen molar-refractivity contribution >= 4 is 5.91 Å². The Hall–Kier alpha value is -2.57. The van der Waals surface area contributed by atoms with Gasteiger partial charge >= 0.3 is 0 Å². The van der Waals surface area contributed by atoms with Gasteiger partial charge in [0.25, 0.3) is 0 Å². The van der Waals surface area contributed by atoms with Crippen molar-refractivity contribution in [2.24, 2.45) is 0 Å². The number of aliphatic hydroxyl groups is 1. The van der Waals surface area contributed by atoms with Crippen molar-refractivity contribution < 1.29 is 19.4 Å². The van der Waals surface area contributed by atoms with Crippen molar-refractivity contribution in [2.75, 3.05) is 32.8 Å². The molecule has 0 radical (unpaired) electrons. The largest absolute Gasteiger partial charge is 0.486 e. The number of benzene rings is 2. The van der Waals surface area contributed by atoms with Crippen LogP contribution in [0.1, 0.15) is 35.6 Å². The highest BCUT2D eigenvalue weighted by molar-refractivity contribution is 5.79. The molecular formula is C24H30N2O4. The van der Waals surface area contributed by atoms with E-state index in [1.165, 1.54) is 0 Å². The summed E-state index contributed by atoms with van der Waals surface area (Å²) in [4.78, 5) is 15.1. The van der Waals surface area contributed by atoms with Gasteiger partial charge in [0.1, 0.15) is 19.3 Å². The molecule has 0 aromatic heterocycles. The van der Waals surface area contributed by atoms with Crippen LogP contribution in [0.25, 0.3) is 0 Å². The molecule has 0 bridgehead atoms. The number of ether oxygens (including phenoxy) is 2. The van der Waals surface area contributed by atoms with E-state index < -0.39 is 12.1 Å². The molecule has 160 valence electrons. The Labute approximate surface area is 177 Å². The van der Waals surface area contributed by atoms with E-state index >= 15 is 0 Å². The first-order chi connectivity index (χ1) is 14.6. The molecule has 0 saturated carbocycles. The molecule has 4 rings (SSSR count). The molecule has 1 fully saturated rings. The van der Waals surface area contributed by atoms with E-state index in [-0.39, 0.29) is 5.91 Å². The molecule has 0 aliphatic carbocycles. The SMILES string of the molecule is Cc1cccc(CC(=O)N[C@H](CN2CCCC2)C(O)c2ccc3c(c2)OCCO3)c1. The van der Waals surface area contributed by atoms with E-state index in [1.807, 2.05) is 49.4 Å². The number of fused-ring (bicyclic) bond motifs is 1. The molecule has 6 heteroatoms. The van der Waals surface area contributed by atoms with Crippen LogP contribution >= 0.6 is 0 Å². The molecule has 0 spiro atoms. The highest BCUT2D eigenvalue weighted by atomic mass is 16.6. The van der Waals surface area contributed by atoms with Gasteiger partial charge < -0.3 is 24.8 Å². The van der Waals surface area contributed by atoms with Gasteiger partial charge in [0.2, 0.25) is 5.91 Å². The van der Waals surface area contributed by atoms with Crippen LogP contribution in [0, 0.1) is 6.92 Å². The highest BCUT2D eigenvalue weighted by Crippen LogP contribution is 2.33. The number of nitrogens with zero attached hydrogens (tertiary/aromatic N) is 1. The molecule has 1 amide bonds. The van der Waals surface area contributed by atoms with E-state index in [9.17, 15) is 9.90 Å². The normalized spacial score (nSPS) is 18.1. The maximum absolute atomic E-state index is 12.8. The van der Waals surface area contributed by atoms with Crippen molar-refractivity contribution in [1.82, 2.24) is 10.2 Å². The van der Waals surface area contributed by atoms with Gasteiger partial charge in [-0.3, -0.25) is 4.79 Å². The Morgan fingerprint density at radius 1 is 1.10 bits per heavy atom. The number of carbonyl (C=O) groups is 1. The van der Waals surface area contributed by atoms with Crippen molar-refractivity contribution in [3.05, 3.63) is 59.2 Å². The molecule has 1 unspecified atom stereocenters. The molecule has 2 aliphatic heterocycles. The number of likely N-dealkylation sites (tertiary alicyclic amines) is 1. The number of nitrogens with one attached hydrogen (secondary N) is 1. The fourth-order valence-electron chi connectivity index (χ4n) is 4.21. The summed E-state index contributed by atoms with van der Waals surface area (Å²) in [6, 6.07) is 13.1. The van der Waals surface area contributed by atoms with Crippen molar-refractivity contribution in [3.63, 3.8) is 0 Å². The van der Waals surface area contributed by atoms with Crippen LogP contribution < -0.4 is 14.8 Å². The summed E-state index contributed by atoms with van der Waals surface area (Å²) >= 11 is 0. The molecule has 2 atom stereocenters. The topological polar surface area (TPSA) is 71.0 Å². The Morgan fingerprint density at radius 2 is 1.87 bits per heavy atom. The van der Waals surface area contributed by atoms with E-state index in [0.717, 1.165) is 42.6 Å². The minimum atomic E-state index is -0.831. The minimum Gasteiger partial charge on any atom is -0.486 e.